The number of benzene rings is 1. The molecule has 0 aliphatic rings. The van der Waals surface area contributed by atoms with Crippen molar-refractivity contribution in [1.82, 2.24) is 10.3 Å². The van der Waals surface area contributed by atoms with Gasteiger partial charge in [-0.15, -0.1) is 11.3 Å². The molecule has 0 bridgehead atoms. The van der Waals surface area contributed by atoms with Crippen molar-refractivity contribution in [2.75, 3.05) is 13.7 Å². The molecule has 0 saturated carbocycles. The van der Waals surface area contributed by atoms with E-state index in [0.717, 1.165) is 16.3 Å². The second-order valence-corrected chi connectivity index (χ2v) is 8.02. The molecular formula is C19H24N2O4S. The zero-order valence-electron chi connectivity index (χ0n) is 15.7. The van der Waals surface area contributed by atoms with Crippen LogP contribution < -0.4 is 10.1 Å². The number of nitrogens with zero attached hydrogens (tertiary/aromatic N) is 1. The van der Waals surface area contributed by atoms with Crippen molar-refractivity contribution in [3.63, 3.8) is 0 Å². The Bertz CT molecular complexity index is 821. The standard InChI is InChI=1S/C19H24N2O4S/c1-11-15(26-18(21-11)19(2,3)4)16(22)20-9-8-12-6-7-13(17(23)24)10-14(12)25-5/h6-7,10H,8-9H2,1-5H3,(H,20,22)(H,23,24). The van der Waals surface area contributed by atoms with Crippen LogP contribution in [0.1, 0.15) is 57.1 Å². The number of rotatable bonds is 6. The maximum atomic E-state index is 12.4. The number of hydrogen-bond donors (Lipinski definition) is 2. The van der Waals surface area contributed by atoms with Crippen LogP contribution in [-0.4, -0.2) is 35.6 Å². The van der Waals surface area contributed by atoms with E-state index < -0.39 is 5.97 Å². The number of methoxy groups -OCH3 is 1. The molecule has 1 heterocycles. The number of amides is 1. The Hall–Kier alpha value is -2.41. The number of nitrogens with one attached hydrogen (secondary N) is 1. The van der Waals surface area contributed by atoms with Gasteiger partial charge in [0.1, 0.15) is 10.6 Å². The zero-order valence-corrected chi connectivity index (χ0v) is 16.5. The van der Waals surface area contributed by atoms with Crippen LogP contribution in [0.25, 0.3) is 0 Å². The van der Waals surface area contributed by atoms with Crippen LogP contribution in [0.4, 0.5) is 0 Å². The Balaban J connectivity index is 2.03. The number of carbonyl (C=O) groups excluding carboxylic acids is 1. The van der Waals surface area contributed by atoms with Gasteiger partial charge in [0, 0.05) is 12.0 Å². The van der Waals surface area contributed by atoms with E-state index in [0.29, 0.717) is 23.6 Å². The number of aromatic carboxylic acids is 1. The third-order valence-corrected chi connectivity index (χ3v) is 5.44. The highest BCUT2D eigenvalue weighted by Gasteiger charge is 2.23. The van der Waals surface area contributed by atoms with E-state index in [1.54, 1.807) is 6.07 Å². The highest BCUT2D eigenvalue weighted by molar-refractivity contribution is 7.14. The molecule has 0 radical (unpaired) electrons. The molecule has 0 unspecified atom stereocenters. The summed E-state index contributed by atoms with van der Waals surface area (Å²) in [6, 6.07) is 4.73. The topological polar surface area (TPSA) is 88.5 Å². The Morgan fingerprint density at radius 3 is 2.54 bits per heavy atom. The third-order valence-electron chi connectivity index (χ3n) is 3.86. The lowest BCUT2D eigenvalue weighted by Crippen LogP contribution is -2.25. The summed E-state index contributed by atoms with van der Waals surface area (Å²) >= 11 is 1.42. The summed E-state index contributed by atoms with van der Waals surface area (Å²) in [5.41, 5.74) is 1.66. The smallest absolute Gasteiger partial charge is 0.335 e. The summed E-state index contributed by atoms with van der Waals surface area (Å²) in [6.07, 6.45) is 0.540. The number of carboxylic acid groups (broad SMARTS) is 1. The van der Waals surface area contributed by atoms with Crippen LogP contribution in [0.2, 0.25) is 0 Å². The van der Waals surface area contributed by atoms with Gasteiger partial charge in [0.2, 0.25) is 0 Å². The van der Waals surface area contributed by atoms with Crippen molar-refractivity contribution in [1.29, 1.82) is 0 Å². The summed E-state index contributed by atoms with van der Waals surface area (Å²) in [5.74, 6) is -0.641. The first-order chi connectivity index (χ1) is 12.1. The predicted molar refractivity (Wildman–Crippen MR) is 102 cm³/mol. The second-order valence-electron chi connectivity index (χ2n) is 7.02. The quantitative estimate of drug-likeness (QED) is 0.806. The van der Waals surface area contributed by atoms with E-state index in [9.17, 15) is 9.59 Å². The first-order valence-corrected chi connectivity index (χ1v) is 9.11. The van der Waals surface area contributed by atoms with E-state index in [1.807, 2.05) is 6.92 Å². The number of hydrogen-bond acceptors (Lipinski definition) is 5. The Morgan fingerprint density at radius 2 is 2.00 bits per heavy atom. The minimum absolute atomic E-state index is 0.0901. The largest absolute Gasteiger partial charge is 0.496 e. The van der Waals surface area contributed by atoms with Gasteiger partial charge in [-0.1, -0.05) is 26.8 Å². The van der Waals surface area contributed by atoms with Gasteiger partial charge in [0.25, 0.3) is 5.91 Å². The van der Waals surface area contributed by atoms with Gasteiger partial charge in [0.05, 0.1) is 23.4 Å². The van der Waals surface area contributed by atoms with Gasteiger partial charge in [-0.3, -0.25) is 4.79 Å². The molecule has 0 fully saturated rings. The molecule has 1 amide bonds. The van der Waals surface area contributed by atoms with Crippen molar-refractivity contribution in [3.8, 4) is 5.75 Å². The lowest BCUT2D eigenvalue weighted by atomic mass is 9.98. The average molecular weight is 376 g/mol. The summed E-state index contributed by atoms with van der Waals surface area (Å²) < 4.78 is 5.25. The molecule has 2 aromatic rings. The monoisotopic (exact) mass is 376 g/mol. The molecule has 2 rings (SSSR count). The van der Waals surface area contributed by atoms with Gasteiger partial charge in [0.15, 0.2) is 0 Å². The third kappa shape index (κ3) is 4.60. The van der Waals surface area contributed by atoms with Crippen LogP contribution in [-0.2, 0) is 11.8 Å². The summed E-state index contributed by atoms with van der Waals surface area (Å²) in [6.45, 7) is 8.47. The molecule has 1 aromatic carbocycles. The molecule has 1 aromatic heterocycles. The maximum absolute atomic E-state index is 12.4. The highest BCUT2D eigenvalue weighted by atomic mass is 32.1. The fourth-order valence-corrected chi connectivity index (χ4v) is 3.44. The summed E-state index contributed by atoms with van der Waals surface area (Å²) in [4.78, 5) is 28.6. The first-order valence-electron chi connectivity index (χ1n) is 8.29. The van der Waals surface area contributed by atoms with Gasteiger partial charge >= 0.3 is 5.97 Å². The first kappa shape index (κ1) is 19.9. The maximum Gasteiger partial charge on any atom is 0.335 e. The fourth-order valence-electron chi connectivity index (χ4n) is 2.40. The summed E-state index contributed by atoms with van der Waals surface area (Å²) in [5, 5.41) is 12.9. The second kappa shape index (κ2) is 7.86. The van der Waals surface area contributed by atoms with Crippen molar-refractivity contribution in [2.24, 2.45) is 0 Å². The number of carbonyl (C=O) groups is 2. The highest BCUT2D eigenvalue weighted by Crippen LogP contribution is 2.29. The molecule has 0 atom stereocenters. The molecule has 26 heavy (non-hydrogen) atoms. The SMILES string of the molecule is COc1cc(C(=O)O)ccc1CCNC(=O)c1sc(C(C)(C)C)nc1C. The number of carboxylic acids is 1. The van der Waals surface area contributed by atoms with Gasteiger partial charge in [-0.05, 0) is 31.0 Å². The summed E-state index contributed by atoms with van der Waals surface area (Å²) in [7, 11) is 1.50. The number of aromatic nitrogens is 1. The molecule has 0 aliphatic heterocycles. The molecule has 2 N–H and O–H groups in total. The van der Waals surface area contributed by atoms with Gasteiger partial charge in [-0.2, -0.15) is 0 Å². The van der Waals surface area contributed by atoms with Crippen LogP contribution in [0.3, 0.4) is 0 Å². The Morgan fingerprint density at radius 1 is 1.31 bits per heavy atom. The van der Waals surface area contributed by atoms with E-state index in [4.69, 9.17) is 9.84 Å². The minimum Gasteiger partial charge on any atom is -0.496 e. The average Bonchev–Trinajstić information content (AvgIpc) is 2.97. The molecule has 0 spiro atoms. The van der Waals surface area contributed by atoms with Crippen LogP contribution in [0.15, 0.2) is 18.2 Å². The molecule has 0 saturated heterocycles. The van der Waals surface area contributed by atoms with Crippen LogP contribution in [0.5, 0.6) is 5.75 Å². The van der Waals surface area contributed by atoms with E-state index in [2.05, 4.69) is 31.1 Å². The van der Waals surface area contributed by atoms with Crippen molar-refractivity contribution in [2.45, 2.75) is 39.5 Å². The fraction of sp³-hybridized carbons (Fsp3) is 0.421. The molecule has 7 heteroatoms. The van der Waals surface area contributed by atoms with Crippen molar-refractivity contribution >= 4 is 23.2 Å². The number of ether oxygens (including phenoxy) is 1. The predicted octanol–water partition coefficient (Wildman–Crippen LogP) is 3.43. The normalized spacial score (nSPS) is 11.3. The van der Waals surface area contributed by atoms with E-state index >= 15 is 0 Å². The van der Waals surface area contributed by atoms with Crippen molar-refractivity contribution in [3.05, 3.63) is 44.9 Å². The lowest BCUT2D eigenvalue weighted by Gasteiger charge is -2.13. The van der Waals surface area contributed by atoms with Crippen LogP contribution >= 0.6 is 11.3 Å². The Kier molecular flexibility index (Phi) is 6.02. The molecule has 6 nitrogen and oxygen atoms in total. The molecule has 140 valence electrons. The lowest BCUT2D eigenvalue weighted by molar-refractivity contribution is 0.0696. The number of aryl methyl sites for hydroxylation is 1. The van der Waals surface area contributed by atoms with Gasteiger partial charge in [-0.25, -0.2) is 9.78 Å². The molecule has 0 aliphatic carbocycles. The molecular weight excluding hydrogens is 352 g/mol. The minimum atomic E-state index is -1.00. The van der Waals surface area contributed by atoms with Crippen LogP contribution in [0, 0.1) is 6.92 Å². The van der Waals surface area contributed by atoms with Crippen molar-refractivity contribution < 1.29 is 19.4 Å². The zero-order chi connectivity index (χ0) is 19.5. The van der Waals surface area contributed by atoms with E-state index in [-0.39, 0.29) is 16.9 Å². The van der Waals surface area contributed by atoms with E-state index in [1.165, 1.54) is 30.6 Å². The van der Waals surface area contributed by atoms with Gasteiger partial charge < -0.3 is 15.2 Å². The number of thiazole rings is 1. The Labute approximate surface area is 157 Å².